The fourth-order valence-electron chi connectivity index (χ4n) is 4.01. The van der Waals surface area contributed by atoms with E-state index in [1.54, 1.807) is 31.2 Å². The van der Waals surface area contributed by atoms with Gasteiger partial charge in [0.05, 0.1) is 11.9 Å². The van der Waals surface area contributed by atoms with E-state index in [1.807, 2.05) is 24.3 Å². The third-order valence-electron chi connectivity index (χ3n) is 5.94. The number of carbonyl (C=O) groups excluding carboxylic acids is 2. The highest BCUT2D eigenvalue weighted by atomic mass is 79.9. The molecular formula is C24H29Br2N3O4S. The Morgan fingerprint density at radius 1 is 1.06 bits per heavy atom. The summed E-state index contributed by atoms with van der Waals surface area (Å²) in [6.45, 7) is 1.45. The lowest BCUT2D eigenvalue weighted by Crippen LogP contribution is -2.52. The lowest BCUT2D eigenvalue weighted by Gasteiger charge is -2.32. The summed E-state index contributed by atoms with van der Waals surface area (Å²) in [5, 5.41) is 3.05. The van der Waals surface area contributed by atoms with Gasteiger partial charge in [0.15, 0.2) is 0 Å². The maximum atomic E-state index is 13.6. The Morgan fingerprint density at radius 2 is 1.68 bits per heavy atom. The van der Waals surface area contributed by atoms with Gasteiger partial charge in [-0.2, -0.15) is 0 Å². The van der Waals surface area contributed by atoms with Crippen LogP contribution in [-0.4, -0.2) is 50.0 Å². The molecule has 7 nitrogen and oxygen atoms in total. The molecule has 0 heterocycles. The quantitative estimate of drug-likeness (QED) is 0.452. The molecule has 184 valence electrons. The maximum Gasteiger partial charge on any atom is 0.244 e. The second-order valence-corrected chi connectivity index (χ2v) is 12.2. The van der Waals surface area contributed by atoms with Crippen molar-refractivity contribution in [2.45, 2.75) is 51.2 Å². The largest absolute Gasteiger partial charge is 0.352 e. The molecular weight excluding hydrogens is 586 g/mol. The van der Waals surface area contributed by atoms with E-state index in [2.05, 4.69) is 37.2 Å². The molecule has 1 N–H and O–H groups in total. The summed E-state index contributed by atoms with van der Waals surface area (Å²) in [5.74, 6) is -0.692. The van der Waals surface area contributed by atoms with Crippen LogP contribution >= 0.6 is 31.9 Å². The number of rotatable bonds is 9. The third kappa shape index (κ3) is 7.05. The van der Waals surface area contributed by atoms with Crippen LogP contribution in [0.15, 0.2) is 57.5 Å². The van der Waals surface area contributed by atoms with Gasteiger partial charge in [-0.15, -0.1) is 0 Å². The highest BCUT2D eigenvalue weighted by Crippen LogP contribution is 2.28. The zero-order valence-electron chi connectivity index (χ0n) is 19.2. The number of benzene rings is 2. The molecule has 1 saturated carbocycles. The lowest BCUT2D eigenvalue weighted by molar-refractivity contribution is -0.139. The summed E-state index contributed by atoms with van der Waals surface area (Å²) in [4.78, 5) is 28.0. The third-order valence-corrected chi connectivity index (χ3v) is 8.26. The van der Waals surface area contributed by atoms with Crippen LogP contribution in [0.1, 0.15) is 38.2 Å². The van der Waals surface area contributed by atoms with Crippen molar-refractivity contribution in [2.75, 3.05) is 17.1 Å². The van der Waals surface area contributed by atoms with Gasteiger partial charge in [-0.25, -0.2) is 8.42 Å². The van der Waals surface area contributed by atoms with Crippen LogP contribution in [0.5, 0.6) is 0 Å². The van der Waals surface area contributed by atoms with Gasteiger partial charge in [-0.3, -0.25) is 13.9 Å². The van der Waals surface area contributed by atoms with E-state index in [-0.39, 0.29) is 18.5 Å². The van der Waals surface area contributed by atoms with Crippen LogP contribution in [0.2, 0.25) is 0 Å². The SMILES string of the molecule is C[C@@H](C(=O)NC1CCCC1)N(Cc1ccc(Br)cc1)C(=O)CN(c1ccccc1Br)S(C)(=O)=O. The molecule has 10 heteroatoms. The Balaban J connectivity index is 1.88. The van der Waals surface area contributed by atoms with Crippen LogP contribution in [0, 0.1) is 0 Å². The predicted octanol–water partition coefficient (Wildman–Crippen LogP) is 4.45. The average Bonchev–Trinajstić information content (AvgIpc) is 3.29. The van der Waals surface area contributed by atoms with Crippen molar-refractivity contribution in [3.05, 3.63) is 63.0 Å². The van der Waals surface area contributed by atoms with E-state index in [9.17, 15) is 18.0 Å². The number of nitrogens with zero attached hydrogens (tertiary/aromatic N) is 2. The number of hydrogen-bond donors (Lipinski definition) is 1. The summed E-state index contributed by atoms with van der Waals surface area (Å²) < 4.78 is 27.8. The van der Waals surface area contributed by atoms with Crippen LogP contribution < -0.4 is 9.62 Å². The van der Waals surface area contributed by atoms with Crippen molar-refractivity contribution < 1.29 is 18.0 Å². The Kier molecular flexibility index (Phi) is 9.17. The summed E-state index contributed by atoms with van der Waals surface area (Å²) in [5.41, 5.74) is 1.20. The van der Waals surface area contributed by atoms with E-state index in [0.29, 0.717) is 10.2 Å². The van der Waals surface area contributed by atoms with Crippen LogP contribution in [-0.2, 0) is 26.2 Å². The van der Waals surface area contributed by atoms with Crippen molar-refractivity contribution >= 4 is 59.4 Å². The Labute approximate surface area is 218 Å². The number of halogens is 2. The molecule has 1 aliphatic rings. The molecule has 34 heavy (non-hydrogen) atoms. The van der Waals surface area contributed by atoms with Gasteiger partial charge < -0.3 is 10.2 Å². The Bertz CT molecular complexity index is 1120. The second kappa shape index (κ2) is 11.7. The molecule has 0 bridgehead atoms. The van der Waals surface area contributed by atoms with Crippen LogP contribution in [0.25, 0.3) is 0 Å². The zero-order chi connectivity index (χ0) is 24.9. The minimum atomic E-state index is -3.76. The molecule has 0 spiro atoms. The minimum Gasteiger partial charge on any atom is -0.352 e. The van der Waals surface area contributed by atoms with E-state index in [0.717, 1.165) is 46.3 Å². The molecule has 0 radical (unpaired) electrons. The van der Waals surface area contributed by atoms with Gasteiger partial charge in [0, 0.05) is 21.5 Å². The van der Waals surface area contributed by atoms with Crippen LogP contribution in [0.4, 0.5) is 5.69 Å². The highest BCUT2D eigenvalue weighted by molar-refractivity contribution is 9.10. The van der Waals surface area contributed by atoms with Gasteiger partial charge in [0.1, 0.15) is 12.6 Å². The molecule has 0 aromatic heterocycles. The van der Waals surface area contributed by atoms with Gasteiger partial charge in [0.25, 0.3) is 0 Å². The molecule has 2 amide bonds. The van der Waals surface area contributed by atoms with Gasteiger partial charge in [-0.05, 0) is 65.5 Å². The number of nitrogens with one attached hydrogen (secondary N) is 1. The number of sulfonamides is 1. The molecule has 1 fully saturated rings. The van der Waals surface area contributed by atoms with Crippen molar-refractivity contribution in [3.63, 3.8) is 0 Å². The molecule has 1 atom stereocenters. The first-order chi connectivity index (χ1) is 16.1. The first-order valence-electron chi connectivity index (χ1n) is 11.1. The highest BCUT2D eigenvalue weighted by Gasteiger charge is 2.31. The topological polar surface area (TPSA) is 86.8 Å². The number of amides is 2. The monoisotopic (exact) mass is 613 g/mol. The number of anilines is 1. The molecule has 1 aliphatic carbocycles. The number of carbonyl (C=O) groups is 2. The first-order valence-corrected chi connectivity index (χ1v) is 14.6. The minimum absolute atomic E-state index is 0.118. The average molecular weight is 615 g/mol. The van der Waals surface area contributed by atoms with E-state index >= 15 is 0 Å². The fourth-order valence-corrected chi connectivity index (χ4v) is 5.75. The Morgan fingerprint density at radius 3 is 2.26 bits per heavy atom. The summed E-state index contributed by atoms with van der Waals surface area (Å²) in [6.07, 6.45) is 5.09. The van der Waals surface area contributed by atoms with Crippen LogP contribution in [0.3, 0.4) is 0 Å². The lowest BCUT2D eigenvalue weighted by atomic mass is 10.1. The van der Waals surface area contributed by atoms with Gasteiger partial charge in [0.2, 0.25) is 21.8 Å². The van der Waals surface area contributed by atoms with E-state index in [4.69, 9.17) is 0 Å². The molecule has 0 saturated heterocycles. The summed E-state index contributed by atoms with van der Waals surface area (Å²) in [7, 11) is -3.76. The zero-order valence-corrected chi connectivity index (χ0v) is 23.2. The summed E-state index contributed by atoms with van der Waals surface area (Å²) >= 11 is 6.78. The number of para-hydroxylation sites is 1. The summed E-state index contributed by atoms with van der Waals surface area (Å²) in [6, 6.07) is 13.6. The second-order valence-electron chi connectivity index (χ2n) is 8.54. The predicted molar refractivity (Wildman–Crippen MR) is 141 cm³/mol. The van der Waals surface area contributed by atoms with Crippen molar-refractivity contribution in [3.8, 4) is 0 Å². The smallest absolute Gasteiger partial charge is 0.244 e. The molecule has 0 aliphatic heterocycles. The fraction of sp³-hybridized carbons (Fsp3) is 0.417. The maximum absolute atomic E-state index is 13.6. The van der Waals surface area contributed by atoms with Gasteiger partial charge in [-0.1, -0.05) is 53.0 Å². The van der Waals surface area contributed by atoms with E-state index < -0.39 is 28.5 Å². The Hall–Kier alpha value is -1.91. The van der Waals surface area contributed by atoms with Crippen molar-refractivity contribution in [1.29, 1.82) is 0 Å². The molecule has 3 rings (SSSR count). The normalized spacial score (nSPS) is 15.1. The van der Waals surface area contributed by atoms with Crippen molar-refractivity contribution in [1.82, 2.24) is 10.2 Å². The molecule has 2 aromatic rings. The standard InChI is InChI=1S/C24H29Br2N3O4S/c1-17(24(31)27-20-7-3-4-8-20)28(15-18-11-13-19(25)14-12-18)23(30)16-29(34(2,32)33)22-10-6-5-9-21(22)26/h5-6,9-14,17,20H,3-4,7-8,15-16H2,1-2H3,(H,27,31)/t17-/m0/s1. The van der Waals surface area contributed by atoms with E-state index in [1.165, 1.54) is 4.90 Å². The number of hydrogen-bond acceptors (Lipinski definition) is 4. The molecule has 0 unspecified atom stereocenters. The molecule has 2 aromatic carbocycles. The van der Waals surface area contributed by atoms with Crippen molar-refractivity contribution in [2.24, 2.45) is 0 Å². The first kappa shape index (κ1) is 26.7. The van der Waals surface area contributed by atoms with Gasteiger partial charge >= 0.3 is 0 Å².